The van der Waals surface area contributed by atoms with E-state index in [0.29, 0.717) is 0 Å². The van der Waals surface area contributed by atoms with Gasteiger partial charge in [-0.2, -0.15) is 0 Å². The molecular formula is C13H14F3NO5. The Labute approximate surface area is 123 Å². The number of aliphatic carboxylic acids is 1. The van der Waals surface area contributed by atoms with Gasteiger partial charge in [0.15, 0.2) is 5.54 Å². The molecule has 0 bridgehead atoms. The van der Waals surface area contributed by atoms with Crippen LogP contribution in [-0.4, -0.2) is 42.6 Å². The number of amides is 1. The van der Waals surface area contributed by atoms with Crippen LogP contribution in [0.4, 0.5) is 13.2 Å². The summed E-state index contributed by atoms with van der Waals surface area (Å²) in [5, 5.41) is 11.3. The zero-order valence-corrected chi connectivity index (χ0v) is 11.7. The molecule has 9 heteroatoms. The molecule has 2 N–H and O–H groups in total. The number of alkyl halides is 3. The van der Waals surface area contributed by atoms with Crippen LogP contribution in [0.25, 0.3) is 0 Å². The van der Waals surface area contributed by atoms with E-state index in [1.165, 1.54) is 26.2 Å². The van der Waals surface area contributed by atoms with Gasteiger partial charge in [0, 0.05) is 12.7 Å². The second kappa shape index (κ2) is 6.65. The van der Waals surface area contributed by atoms with Crippen molar-refractivity contribution in [3.8, 4) is 5.75 Å². The maximum absolute atomic E-state index is 12.1. The molecule has 0 saturated carbocycles. The third kappa shape index (κ3) is 4.92. The minimum absolute atomic E-state index is 0.176. The Bertz CT molecular complexity index is 561. The molecule has 0 aliphatic carbocycles. The number of carbonyl (C=O) groups is 2. The standard InChI is InChI=1S/C13H14F3NO5/c1-12(7-21-2,11(19)20)17-10(18)8-4-3-5-9(6-8)22-13(14,15)16/h3-6H,7H2,1-2H3,(H,17,18)(H,19,20). The van der Waals surface area contributed by atoms with Gasteiger partial charge in [0.1, 0.15) is 5.75 Å². The van der Waals surface area contributed by atoms with E-state index in [-0.39, 0.29) is 12.2 Å². The minimum Gasteiger partial charge on any atom is -0.479 e. The van der Waals surface area contributed by atoms with Crippen molar-refractivity contribution in [1.82, 2.24) is 5.32 Å². The molecule has 0 aliphatic heterocycles. The molecule has 1 unspecified atom stereocenters. The Hall–Kier alpha value is -2.29. The van der Waals surface area contributed by atoms with Gasteiger partial charge in [-0.1, -0.05) is 6.07 Å². The average Bonchev–Trinajstić information content (AvgIpc) is 2.37. The van der Waals surface area contributed by atoms with Crippen molar-refractivity contribution in [2.24, 2.45) is 0 Å². The second-order valence-corrected chi connectivity index (χ2v) is 4.60. The normalized spacial score (nSPS) is 14.0. The SMILES string of the molecule is COCC(C)(NC(=O)c1cccc(OC(F)(F)F)c1)C(=O)O. The first-order chi connectivity index (χ1) is 10.1. The summed E-state index contributed by atoms with van der Waals surface area (Å²) in [5.41, 5.74) is -1.89. The number of nitrogens with one attached hydrogen (secondary N) is 1. The van der Waals surface area contributed by atoms with Gasteiger partial charge < -0.3 is 19.9 Å². The van der Waals surface area contributed by atoms with Gasteiger partial charge in [-0.05, 0) is 25.1 Å². The summed E-state index contributed by atoms with van der Waals surface area (Å²) in [7, 11) is 1.26. The summed E-state index contributed by atoms with van der Waals surface area (Å²) in [5.74, 6) is -2.79. The van der Waals surface area contributed by atoms with E-state index < -0.39 is 29.5 Å². The van der Waals surface area contributed by atoms with Crippen LogP contribution in [0, 0.1) is 0 Å². The highest BCUT2D eigenvalue weighted by molar-refractivity contribution is 5.98. The van der Waals surface area contributed by atoms with Crippen LogP contribution in [0.1, 0.15) is 17.3 Å². The topological polar surface area (TPSA) is 84.9 Å². The molecule has 1 aromatic rings. The predicted molar refractivity (Wildman–Crippen MR) is 68.5 cm³/mol. The van der Waals surface area contributed by atoms with Gasteiger partial charge in [0.25, 0.3) is 5.91 Å². The number of hydrogen-bond donors (Lipinski definition) is 2. The summed E-state index contributed by atoms with van der Waals surface area (Å²) in [6.45, 7) is 0.902. The van der Waals surface area contributed by atoms with Gasteiger partial charge in [0.2, 0.25) is 0 Å². The van der Waals surface area contributed by atoms with Gasteiger partial charge in [0.05, 0.1) is 6.61 Å². The Morgan fingerprint density at radius 3 is 2.45 bits per heavy atom. The number of ether oxygens (including phenoxy) is 2. The van der Waals surface area contributed by atoms with Crippen LogP contribution in [0.15, 0.2) is 24.3 Å². The van der Waals surface area contributed by atoms with E-state index in [2.05, 4.69) is 10.1 Å². The molecule has 122 valence electrons. The zero-order chi connectivity index (χ0) is 17.0. The van der Waals surface area contributed by atoms with Crippen LogP contribution in [0.3, 0.4) is 0 Å². The smallest absolute Gasteiger partial charge is 0.479 e. The molecule has 22 heavy (non-hydrogen) atoms. The van der Waals surface area contributed by atoms with E-state index in [4.69, 9.17) is 9.84 Å². The Morgan fingerprint density at radius 2 is 1.95 bits per heavy atom. The van der Waals surface area contributed by atoms with Gasteiger partial charge >= 0.3 is 12.3 Å². The van der Waals surface area contributed by atoms with Crippen molar-refractivity contribution in [3.63, 3.8) is 0 Å². The first-order valence-electron chi connectivity index (χ1n) is 5.98. The van der Waals surface area contributed by atoms with E-state index in [0.717, 1.165) is 12.1 Å². The lowest BCUT2D eigenvalue weighted by molar-refractivity contribution is -0.274. The molecule has 0 saturated heterocycles. The molecule has 1 amide bonds. The van der Waals surface area contributed by atoms with E-state index in [9.17, 15) is 22.8 Å². The third-order valence-corrected chi connectivity index (χ3v) is 2.62. The largest absolute Gasteiger partial charge is 0.573 e. The van der Waals surface area contributed by atoms with E-state index in [1.54, 1.807) is 0 Å². The van der Waals surface area contributed by atoms with Crippen molar-refractivity contribution in [2.45, 2.75) is 18.8 Å². The second-order valence-electron chi connectivity index (χ2n) is 4.60. The first kappa shape index (κ1) is 17.8. The number of halogens is 3. The fourth-order valence-corrected chi connectivity index (χ4v) is 1.60. The van der Waals surface area contributed by atoms with Crippen LogP contribution in [0.5, 0.6) is 5.75 Å². The van der Waals surface area contributed by atoms with Crippen molar-refractivity contribution in [1.29, 1.82) is 0 Å². The number of hydrogen-bond acceptors (Lipinski definition) is 4. The fourth-order valence-electron chi connectivity index (χ4n) is 1.60. The quantitative estimate of drug-likeness (QED) is 0.834. The predicted octanol–water partition coefficient (Wildman–Crippen LogP) is 1.80. The first-order valence-corrected chi connectivity index (χ1v) is 5.98. The average molecular weight is 321 g/mol. The summed E-state index contributed by atoms with van der Waals surface area (Å²) in [6, 6.07) is 4.30. The number of benzene rings is 1. The monoisotopic (exact) mass is 321 g/mol. The molecule has 0 fully saturated rings. The molecule has 1 atom stereocenters. The molecule has 0 heterocycles. The third-order valence-electron chi connectivity index (χ3n) is 2.62. The molecular weight excluding hydrogens is 307 g/mol. The number of methoxy groups -OCH3 is 1. The lowest BCUT2D eigenvalue weighted by Gasteiger charge is -2.25. The van der Waals surface area contributed by atoms with E-state index in [1.807, 2.05) is 0 Å². The minimum atomic E-state index is -4.89. The van der Waals surface area contributed by atoms with Gasteiger partial charge in [-0.3, -0.25) is 4.79 Å². The molecule has 0 aromatic heterocycles. The maximum Gasteiger partial charge on any atom is 0.573 e. The Kier molecular flexibility index (Phi) is 5.37. The van der Waals surface area contributed by atoms with Gasteiger partial charge in [-0.25, -0.2) is 4.79 Å². The number of carbonyl (C=O) groups excluding carboxylic acids is 1. The van der Waals surface area contributed by atoms with Crippen molar-refractivity contribution in [2.75, 3.05) is 13.7 Å². The van der Waals surface area contributed by atoms with Gasteiger partial charge in [-0.15, -0.1) is 13.2 Å². The van der Waals surface area contributed by atoms with Crippen LogP contribution in [-0.2, 0) is 9.53 Å². The fraction of sp³-hybridized carbons (Fsp3) is 0.385. The van der Waals surface area contributed by atoms with Crippen LogP contribution < -0.4 is 10.1 Å². The maximum atomic E-state index is 12.1. The summed E-state index contributed by atoms with van der Waals surface area (Å²) in [4.78, 5) is 23.2. The van der Waals surface area contributed by atoms with Crippen LogP contribution >= 0.6 is 0 Å². The molecule has 1 aromatic carbocycles. The summed E-state index contributed by atoms with van der Waals surface area (Å²) >= 11 is 0. The Morgan fingerprint density at radius 1 is 1.32 bits per heavy atom. The summed E-state index contributed by atoms with van der Waals surface area (Å²) < 4.78 is 44.8. The molecule has 0 aliphatic rings. The molecule has 0 radical (unpaired) electrons. The molecule has 0 spiro atoms. The van der Waals surface area contributed by atoms with E-state index >= 15 is 0 Å². The highest BCUT2D eigenvalue weighted by atomic mass is 19.4. The summed E-state index contributed by atoms with van der Waals surface area (Å²) in [6.07, 6.45) is -4.89. The van der Waals surface area contributed by atoms with Crippen LogP contribution in [0.2, 0.25) is 0 Å². The Balaban J connectivity index is 2.94. The lowest BCUT2D eigenvalue weighted by atomic mass is 10.0. The highest BCUT2D eigenvalue weighted by Crippen LogP contribution is 2.23. The number of carboxylic acids is 1. The zero-order valence-electron chi connectivity index (χ0n) is 11.7. The van der Waals surface area contributed by atoms with Crippen molar-refractivity contribution in [3.05, 3.63) is 29.8 Å². The van der Waals surface area contributed by atoms with Crippen molar-refractivity contribution >= 4 is 11.9 Å². The molecule has 6 nitrogen and oxygen atoms in total. The number of carboxylic acid groups (broad SMARTS) is 1. The lowest BCUT2D eigenvalue weighted by Crippen LogP contribution is -2.55. The highest BCUT2D eigenvalue weighted by Gasteiger charge is 2.35. The van der Waals surface area contributed by atoms with Crippen molar-refractivity contribution < 1.29 is 37.3 Å². The number of rotatable bonds is 6. The molecule has 1 rings (SSSR count).